The number of ether oxygens (including phenoxy) is 1. The second-order valence-electron chi connectivity index (χ2n) is 3.32. The second kappa shape index (κ2) is 8.33. The Morgan fingerprint density at radius 1 is 1.47 bits per heavy atom. The number of halogens is 1. The van der Waals surface area contributed by atoms with E-state index in [0.29, 0.717) is 19.0 Å². The third-order valence-corrected chi connectivity index (χ3v) is 4.04. The minimum atomic E-state index is -2.88. The van der Waals surface area contributed by atoms with Crippen molar-refractivity contribution in [2.45, 2.75) is 19.4 Å². The van der Waals surface area contributed by atoms with Gasteiger partial charge in [0.05, 0.1) is 12.4 Å². The molecule has 4 nitrogen and oxygen atoms in total. The highest BCUT2D eigenvalue weighted by Gasteiger charge is 2.10. The van der Waals surface area contributed by atoms with E-state index in [0.717, 1.165) is 6.42 Å². The molecule has 0 aliphatic heterocycles. The lowest BCUT2D eigenvalue weighted by atomic mass is 10.2. The molecule has 0 aromatic heterocycles. The Morgan fingerprint density at radius 2 is 2.13 bits per heavy atom. The molecular weight excluding hydrogens is 238 g/mol. The maximum absolute atomic E-state index is 11.2. The van der Waals surface area contributed by atoms with Gasteiger partial charge in [-0.25, -0.2) is 8.42 Å². The summed E-state index contributed by atoms with van der Waals surface area (Å²) in [5.41, 5.74) is 0. The minimum absolute atomic E-state index is 0.138. The Hall–Kier alpha value is 0.160. The SMILES string of the molecule is CCS(=O)(=O)CCNC(CCCl)COC. The first kappa shape index (κ1) is 15.2. The van der Waals surface area contributed by atoms with Crippen LogP contribution in [0.5, 0.6) is 0 Å². The molecule has 1 atom stereocenters. The monoisotopic (exact) mass is 257 g/mol. The average molecular weight is 258 g/mol. The van der Waals surface area contributed by atoms with E-state index >= 15 is 0 Å². The molecule has 0 amide bonds. The average Bonchev–Trinajstić information content (AvgIpc) is 2.18. The summed E-state index contributed by atoms with van der Waals surface area (Å²) in [6.07, 6.45) is 0.779. The van der Waals surface area contributed by atoms with Gasteiger partial charge in [0.1, 0.15) is 0 Å². The molecule has 1 unspecified atom stereocenters. The van der Waals surface area contributed by atoms with Crippen LogP contribution < -0.4 is 5.32 Å². The van der Waals surface area contributed by atoms with Crippen molar-refractivity contribution in [1.29, 1.82) is 0 Å². The molecule has 0 heterocycles. The van der Waals surface area contributed by atoms with Crippen LogP contribution >= 0.6 is 11.6 Å². The molecule has 0 saturated carbocycles. The van der Waals surface area contributed by atoms with Crippen LogP contribution in [0.4, 0.5) is 0 Å². The fourth-order valence-electron chi connectivity index (χ4n) is 1.14. The summed E-state index contributed by atoms with van der Waals surface area (Å²) >= 11 is 5.61. The fraction of sp³-hybridized carbons (Fsp3) is 1.00. The van der Waals surface area contributed by atoms with E-state index in [1.807, 2.05) is 0 Å². The Bertz CT molecular complexity index is 238. The number of sulfone groups is 1. The van der Waals surface area contributed by atoms with Crippen LogP contribution in [0.25, 0.3) is 0 Å². The predicted octanol–water partition coefficient (Wildman–Crippen LogP) is 0.655. The molecule has 0 bridgehead atoms. The quantitative estimate of drug-likeness (QED) is 0.617. The molecule has 15 heavy (non-hydrogen) atoms. The van der Waals surface area contributed by atoms with Crippen LogP contribution in [0.3, 0.4) is 0 Å². The van der Waals surface area contributed by atoms with Crippen LogP contribution in [-0.2, 0) is 14.6 Å². The lowest BCUT2D eigenvalue weighted by Crippen LogP contribution is -2.37. The van der Waals surface area contributed by atoms with Crippen molar-refractivity contribution in [2.75, 3.05) is 37.6 Å². The molecule has 6 heteroatoms. The maximum Gasteiger partial charge on any atom is 0.151 e. The topological polar surface area (TPSA) is 55.4 Å². The first-order valence-electron chi connectivity index (χ1n) is 5.04. The molecule has 0 spiro atoms. The molecular formula is C9H20ClNO3S. The molecule has 1 N–H and O–H groups in total. The van der Waals surface area contributed by atoms with Gasteiger partial charge in [-0.05, 0) is 6.42 Å². The summed E-state index contributed by atoms with van der Waals surface area (Å²) in [6.45, 7) is 2.67. The summed E-state index contributed by atoms with van der Waals surface area (Å²) in [6, 6.07) is 0.138. The van der Waals surface area contributed by atoms with Gasteiger partial charge in [-0.3, -0.25) is 0 Å². The third kappa shape index (κ3) is 8.02. The van der Waals surface area contributed by atoms with E-state index in [9.17, 15) is 8.42 Å². The summed E-state index contributed by atoms with van der Waals surface area (Å²) in [7, 11) is -1.26. The first-order valence-corrected chi connectivity index (χ1v) is 7.40. The van der Waals surface area contributed by atoms with E-state index in [1.165, 1.54) is 0 Å². The zero-order valence-corrected chi connectivity index (χ0v) is 10.9. The van der Waals surface area contributed by atoms with Gasteiger partial charge in [0.15, 0.2) is 9.84 Å². The highest BCUT2D eigenvalue weighted by molar-refractivity contribution is 7.91. The fourth-order valence-corrected chi connectivity index (χ4v) is 2.12. The number of rotatable bonds is 9. The molecule has 0 saturated heterocycles. The lowest BCUT2D eigenvalue weighted by Gasteiger charge is -2.16. The van der Waals surface area contributed by atoms with Crippen molar-refractivity contribution < 1.29 is 13.2 Å². The van der Waals surface area contributed by atoms with Crippen LogP contribution in [0.1, 0.15) is 13.3 Å². The molecule has 0 aliphatic carbocycles. The number of hydrogen-bond acceptors (Lipinski definition) is 4. The predicted molar refractivity (Wildman–Crippen MR) is 63.3 cm³/mol. The van der Waals surface area contributed by atoms with Crippen LogP contribution in [0, 0.1) is 0 Å². The number of alkyl halides is 1. The Balaban J connectivity index is 3.79. The van der Waals surface area contributed by atoms with Crippen molar-refractivity contribution in [3.05, 3.63) is 0 Å². The number of hydrogen-bond donors (Lipinski definition) is 1. The zero-order chi connectivity index (χ0) is 11.7. The van der Waals surface area contributed by atoms with Crippen LogP contribution in [0.2, 0.25) is 0 Å². The van der Waals surface area contributed by atoms with E-state index in [4.69, 9.17) is 16.3 Å². The van der Waals surface area contributed by atoms with Crippen LogP contribution in [0.15, 0.2) is 0 Å². The second-order valence-corrected chi connectivity index (χ2v) is 6.17. The summed E-state index contributed by atoms with van der Waals surface area (Å²) < 4.78 is 27.4. The highest BCUT2D eigenvalue weighted by atomic mass is 35.5. The smallest absolute Gasteiger partial charge is 0.151 e. The van der Waals surface area contributed by atoms with Gasteiger partial charge in [0.2, 0.25) is 0 Å². The molecule has 0 rings (SSSR count). The first-order chi connectivity index (χ1) is 7.05. The van der Waals surface area contributed by atoms with Crippen molar-refractivity contribution in [3.8, 4) is 0 Å². The van der Waals surface area contributed by atoms with Gasteiger partial charge in [-0.15, -0.1) is 11.6 Å². The van der Waals surface area contributed by atoms with Gasteiger partial charge >= 0.3 is 0 Å². The molecule has 92 valence electrons. The van der Waals surface area contributed by atoms with E-state index in [2.05, 4.69) is 5.32 Å². The zero-order valence-electron chi connectivity index (χ0n) is 9.33. The van der Waals surface area contributed by atoms with Crippen molar-refractivity contribution >= 4 is 21.4 Å². The van der Waals surface area contributed by atoms with Gasteiger partial charge in [-0.2, -0.15) is 0 Å². The molecule has 0 aliphatic rings. The maximum atomic E-state index is 11.2. The van der Waals surface area contributed by atoms with Gasteiger partial charge < -0.3 is 10.1 Å². The van der Waals surface area contributed by atoms with E-state index in [1.54, 1.807) is 14.0 Å². The van der Waals surface area contributed by atoms with E-state index < -0.39 is 9.84 Å². The standard InChI is InChI=1S/C9H20ClNO3S/c1-3-15(12,13)7-6-11-9(4-5-10)8-14-2/h9,11H,3-8H2,1-2H3. The molecule has 0 aromatic carbocycles. The van der Waals surface area contributed by atoms with Crippen molar-refractivity contribution in [3.63, 3.8) is 0 Å². The summed E-state index contributed by atoms with van der Waals surface area (Å²) in [5, 5.41) is 3.12. The lowest BCUT2D eigenvalue weighted by molar-refractivity contribution is 0.166. The van der Waals surface area contributed by atoms with Crippen LogP contribution in [-0.4, -0.2) is 52.1 Å². The number of methoxy groups -OCH3 is 1. The highest BCUT2D eigenvalue weighted by Crippen LogP contribution is 1.96. The third-order valence-electron chi connectivity index (χ3n) is 2.11. The minimum Gasteiger partial charge on any atom is -0.383 e. The van der Waals surface area contributed by atoms with Gasteiger partial charge in [-0.1, -0.05) is 6.92 Å². The van der Waals surface area contributed by atoms with Crippen molar-refractivity contribution in [2.24, 2.45) is 0 Å². The largest absolute Gasteiger partial charge is 0.383 e. The normalized spacial score (nSPS) is 14.1. The summed E-state index contributed by atoms with van der Waals surface area (Å²) in [4.78, 5) is 0. The Kier molecular flexibility index (Phi) is 8.42. The number of nitrogens with one attached hydrogen (secondary N) is 1. The van der Waals surface area contributed by atoms with Crippen molar-refractivity contribution in [1.82, 2.24) is 5.32 Å². The Labute approximate surface area is 97.3 Å². The summed E-state index contributed by atoms with van der Waals surface area (Å²) in [5.74, 6) is 0.909. The Morgan fingerprint density at radius 3 is 2.60 bits per heavy atom. The van der Waals surface area contributed by atoms with E-state index in [-0.39, 0.29) is 17.5 Å². The molecule has 0 fully saturated rings. The molecule has 0 aromatic rings. The van der Waals surface area contributed by atoms with Gasteiger partial charge in [0.25, 0.3) is 0 Å². The molecule has 0 radical (unpaired) electrons. The van der Waals surface area contributed by atoms with Gasteiger partial charge in [0, 0.05) is 31.3 Å².